The zero-order chi connectivity index (χ0) is 15.7. The normalized spacial score (nSPS) is 23.4. The van der Waals surface area contributed by atoms with Gasteiger partial charge >= 0.3 is 5.97 Å². The summed E-state index contributed by atoms with van der Waals surface area (Å²) >= 11 is 0. The van der Waals surface area contributed by atoms with Crippen LogP contribution in [0.3, 0.4) is 0 Å². The van der Waals surface area contributed by atoms with E-state index in [0.29, 0.717) is 13.2 Å². The third-order valence-electron chi connectivity index (χ3n) is 3.80. The van der Waals surface area contributed by atoms with Crippen LogP contribution in [0.2, 0.25) is 0 Å². The van der Waals surface area contributed by atoms with Gasteiger partial charge < -0.3 is 19.5 Å². The lowest BCUT2D eigenvalue weighted by molar-refractivity contribution is -0.149. The highest BCUT2D eigenvalue weighted by atomic mass is 16.5. The lowest BCUT2D eigenvalue weighted by Gasteiger charge is -2.28. The van der Waals surface area contributed by atoms with Gasteiger partial charge in [0.1, 0.15) is 6.10 Å². The summed E-state index contributed by atoms with van der Waals surface area (Å²) in [6, 6.07) is 0. The summed E-state index contributed by atoms with van der Waals surface area (Å²) in [5.74, 6) is -0.258. The average molecular weight is 301 g/mol. The molecule has 1 amide bonds. The van der Waals surface area contributed by atoms with E-state index in [0.717, 1.165) is 32.1 Å². The van der Waals surface area contributed by atoms with Crippen molar-refractivity contribution in [3.63, 3.8) is 0 Å². The first-order chi connectivity index (χ1) is 10.1. The van der Waals surface area contributed by atoms with Crippen molar-refractivity contribution in [2.75, 3.05) is 27.4 Å². The first-order valence-corrected chi connectivity index (χ1v) is 7.58. The Kier molecular flexibility index (Phi) is 8.30. The molecule has 1 aliphatic rings. The van der Waals surface area contributed by atoms with E-state index >= 15 is 0 Å². The zero-order valence-electron chi connectivity index (χ0n) is 13.2. The van der Waals surface area contributed by atoms with Crippen LogP contribution in [0.15, 0.2) is 0 Å². The fourth-order valence-electron chi connectivity index (χ4n) is 2.52. The van der Waals surface area contributed by atoms with Crippen LogP contribution in [0.1, 0.15) is 39.0 Å². The molecule has 1 saturated carbocycles. The van der Waals surface area contributed by atoms with Gasteiger partial charge in [-0.2, -0.15) is 0 Å². The van der Waals surface area contributed by atoms with Gasteiger partial charge in [0.25, 0.3) is 0 Å². The topological polar surface area (TPSA) is 73.9 Å². The molecule has 0 aromatic carbocycles. The van der Waals surface area contributed by atoms with Gasteiger partial charge in [-0.25, -0.2) is 0 Å². The highest BCUT2D eigenvalue weighted by Crippen LogP contribution is 2.27. The number of amides is 1. The van der Waals surface area contributed by atoms with Crippen LogP contribution in [-0.2, 0) is 23.8 Å². The molecule has 0 bridgehead atoms. The molecule has 1 N–H and O–H groups in total. The molecular formula is C15H27NO5. The molecule has 0 aliphatic heterocycles. The second-order valence-electron chi connectivity index (χ2n) is 5.41. The van der Waals surface area contributed by atoms with Crippen molar-refractivity contribution >= 4 is 11.9 Å². The molecule has 0 aromatic rings. The number of ether oxygens (including phenoxy) is 3. The number of hydrogen-bond acceptors (Lipinski definition) is 5. The largest absolute Gasteiger partial charge is 0.469 e. The van der Waals surface area contributed by atoms with Gasteiger partial charge in [-0.05, 0) is 39.0 Å². The standard InChI is InChI=1S/C15H27NO5/c1-11(14(17)16-9-4-10-19-2)21-13-7-5-12(6-8-13)15(18)20-3/h11-13H,4-10H2,1-3H3,(H,16,17). The summed E-state index contributed by atoms with van der Waals surface area (Å²) in [6.07, 6.45) is 3.48. The molecular weight excluding hydrogens is 274 g/mol. The summed E-state index contributed by atoms with van der Waals surface area (Å²) in [6.45, 7) is 2.99. The molecule has 1 aliphatic carbocycles. The molecule has 1 fully saturated rings. The Hall–Kier alpha value is -1.14. The maximum atomic E-state index is 11.8. The lowest BCUT2D eigenvalue weighted by atomic mass is 9.87. The van der Waals surface area contributed by atoms with E-state index in [1.54, 1.807) is 14.0 Å². The van der Waals surface area contributed by atoms with Gasteiger partial charge in [-0.1, -0.05) is 0 Å². The van der Waals surface area contributed by atoms with Gasteiger partial charge in [0.15, 0.2) is 0 Å². The third-order valence-corrected chi connectivity index (χ3v) is 3.80. The minimum Gasteiger partial charge on any atom is -0.469 e. The number of esters is 1. The number of hydrogen-bond donors (Lipinski definition) is 1. The summed E-state index contributed by atoms with van der Waals surface area (Å²) in [4.78, 5) is 23.3. The number of methoxy groups -OCH3 is 2. The Bertz CT molecular complexity index is 326. The molecule has 0 spiro atoms. The molecule has 6 nitrogen and oxygen atoms in total. The van der Waals surface area contributed by atoms with E-state index in [2.05, 4.69) is 5.32 Å². The summed E-state index contributed by atoms with van der Waals surface area (Å²) in [5.41, 5.74) is 0. The second-order valence-corrected chi connectivity index (χ2v) is 5.41. The summed E-state index contributed by atoms with van der Waals surface area (Å²) < 4.78 is 15.5. The number of rotatable bonds is 8. The van der Waals surface area contributed by atoms with E-state index < -0.39 is 6.10 Å². The van der Waals surface area contributed by atoms with E-state index in [1.807, 2.05) is 0 Å². The van der Waals surface area contributed by atoms with Crippen molar-refractivity contribution in [1.82, 2.24) is 5.32 Å². The van der Waals surface area contributed by atoms with Crippen molar-refractivity contribution in [3.8, 4) is 0 Å². The Balaban J connectivity index is 2.21. The number of nitrogens with one attached hydrogen (secondary N) is 1. The molecule has 1 unspecified atom stereocenters. The fourth-order valence-corrected chi connectivity index (χ4v) is 2.52. The molecule has 1 atom stereocenters. The predicted octanol–water partition coefficient (Wildman–Crippen LogP) is 1.28. The smallest absolute Gasteiger partial charge is 0.308 e. The van der Waals surface area contributed by atoms with E-state index in [9.17, 15) is 9.59 Å². The molecule has 21 heavy (non-hydrogen) atoms. The minimum atomic E-state index is -0.466. The van der Waals surface area contributed by atoms with Crippen molar-refractivity contribution in [2.45, 2.75) is 51.2 Å². The Morgan fingerprint density at radius 1 is 1.19 bits per heavy atom. The molecule has 0 heterocycles. The first-order valence-electron chi connectivity index (χ1n) is 7.58. The van der Waals surface area contributed by atoms with Crippen LogP contribution in [-0.4, -0.2) is 51.5 Å². The van der Waals surface area contributed by atoms with Crippen LogP contribution < -0.4 is 5.32 Å². The molecule has 0 saturated heterocycles. The second kappa shape index (κ2) is 9.73. The van der Waals surface area contributed by atoms with Crippen molar-refractivity contribution < 1.29 is 23.8 Å². The quantitative estimate of drug-likeness (QED) is 0.540. The maximum absolute atomic E-state index is 11.8. The van der Waals surface area contributed by atoms with E-state index in [4.69, 9.17) is 14.2 Å². The van der Waals surface area contributed by atoms with Gasteiger partial charge in [0.05, 0.1) is 19.1 Å². The highest BCUT2D eigenvalue weighted by molar-refractivity contribution is 5.80. The van der Waals surface area contributed by atoms with E-state index in [-0.39, 0.29) is 23.9 Å². The molecule has 122 valence electrons. The SMILES string of the molecule is COCCCNC(=O)C(C)OC1CCC(C(=O)OC)CC1. The lowest BCUT2D eigenvalue weighted by Crippen LogP contribution is -2.38. The summed E-state index contributed by atoms with van der Waals surface area (Å²) in [5, 5.41) is 2.82. The Morgan fingerprint density at radius 2 is 1.86 bits per heavy atom. The third kappa shape index (κ3) is 6.44. The zero-order valence-corrected chi connectivity index (χ0v) is 13.2. The van der Waals surface area contributed by atoms with Crippen molar-refractivity contribution in [2.24, 2.45) is 5.92 Å². The fraction of sp³-hybridized carbons (Fsp3) is 0.867. The van der Waals surface area contributed by atoms with Crippen molar-refractivity contribution in [3.05, 3.63) is 0 Å². The molecule has 6 heteroatoms. The highest BCUT2D eigenvalue weighted by Gasteiger charge is 2.29. The van der Waals surface area contributed by atoms with Crippen LogP contribution >= 0.6 is 0 Å². The molecule has 0 radical (unpaired) electrons. The Labute approximate surface area is 126 Å². The van der Waals surface area contributed by atoms with Crippen molar-refractivity contribution in [1.29, 1.82) is 0 Å². The predicted molar refractivity (Wildman–Crippen MR) is 77.8 cm³/mol. The van der Waals surface area contributed by atoms with Crippen LogP contribution in [0.4, 0.5) is 0 Å². The van der Waals surface area contributed by atoms with Crippen LogP contribution in [0, 0.1) is 5.92 Å². The van der Waals surface area contributed by atoms with Gasteiger partial charge in [-0.15, -0.1) is 0 Å². The van der Waals surface area contributed by atoms with Gasteiger partial charge in [0, 0.05) is 20.3 Å². The Morgan fingerprint density at radius 3 is 2.43 bits per heavy atom. The first kappa shape index (κ1) is 17.9. The molecule has 0 aromatic heterocycles. The van der Waals surface area contributed by atoms with Gasteiger partial charge in [0.2, 0.25) is 5.91 Å². The maximum Gasteiger partial charge on any atom is 0.308 e. The monoisotopic (exact) mass is 301 g/mol. The number of carbonyl (C=O) groups is 2. The summed E-state index contributed by atoms with van der Waals surface area (Å²) in [7, 11) is 3.05. The minimum absolute atomic E-state index is 0.0203. The molecule has 1 rings (SSSR count). The number of carbonyl (C=O) groups excluding carboxylic acids is 2. The average Bonchev–Trinajstić information content (AvgIpc) is 2.51. The van der Waals surface area contributed by atoms with E-state index in [1.165, 1.54) is 7.11 Å². The van der Waals surface area contributed by atoms with Gasteiger partial charge in [-0.3, -0.25) is 9.59 Å². The van der Waals surface area contributed by atoms with Crippen LogP contribution in [0.25, 0.3) is 0 Å². The van der Waals surface area contributed by atoms with Crippen LogP contribution in [0.5, 0.6) is 0 Å².